The summed E-state index contributed by atoms with van der Waals surface area (Å²) < 4.78 is 9.01. The van der Waals surface area contributed by atoms with Crippen molar-refractivity contribution in [2.24, 2.45) is 0 Å². The number of methoxy groups -OCH3 is 1. The van der Waals surface area contributed by atoms with E-state index in [9.17, 15) is 0 Å². The summed E-state index contributed by atoms with van der Waals surface area (Å²) in [6.45, 7) is 6.34. The van der Waals surface area contributed by atoms with Gasteiger partial charge >= 0.3 is 0 Å². The SMILES string of the molecule is CCn1cc(Nc2nc(C)cn2CCOC)cn1. The van der Waals surface area contributed by atoms with E-state index in [4.69, 9.17) is 4.74 Å². The number of ether oxygens (including phenoxy) is 1. The van der Waals surface area contributed by atoms with Gasteiger partial charge in [-0.05, 0) is 13.8 Å². The lowest BCUT2D eigenvalue weighted by Crippen LogP contribution is -2.06. The Bertz CT molecular complexity index is 502. The molecule has 0 saturated heterocycles. The fraction of sp³-hybridized carbons (Fsp3) is 0.500. The van der Waals surface area contributed by atoms with E-state index >= 15 is 0 Å². The second-order valence-corrected chi connectivity index (χ2v) is 4.10. The highest BCUT2D eigenvalue weighted by atomic mass is 16.5. The van der Waals surface area contributed by atoms with Crippen LogP contribution in [0.3, 0.4) is 0 Å². The molecule has 2 aromatic rings. The lowest BCUT2D eigenvalue weighted by Gasteiger charge is -2.07. The zero-order chi connectivity index (χ0) is 13.0. The largest absolute Gasteiger partial charge is 0.383 e. The summed E-state index contributed by atoms with van der Waals surface area (Å²) in [6, 6.07) is 0. The van der Waals surface area contributed by atoms with E-state index in [0.717, 1.165) is 30.4 Å². The zero-order valence-electron chi connectivity index (χ0n) is 11.1. The number of hydrogen-bond donors (Lipinski definition) is 1. The Morgan fingerprint density at radius 2 is 2.22 bits per heavy atom. The quantitative estimate of drug-likeness (QED) is 0.848. The van der Waals surface area contributed by atoms with Gasteiger partial charge in [0.05, 0.1) is 24.2 Å². The third-order valence-electron chi connectivity index (χ3n) is 2.65. The number of hydrogen-bond acceptors (Lipinski definition) is 4. The molecule has 0 aliphatic carbocycles. The molecule has 6 heteroatoms. The molecule has 0 amide bonds. The van der Waals surface area contributed by atoms with E-state index in [0.29, 0.717) is 6.61 Å². The number of anilines is 2. The standard InChI is InChI=1S/C12H19N5O/c1-4-17-9-11(7-13-17)15-12-14-10(2)8-16(12)5-6-18-3/h7-9H,4-6H2,1-3H3,(H,14,15). The van der Waals surface area contributed by atoms with Gasteiger partial charge in [-0.2, -0.15) is 5.10 Å². The number of imidazole rings is 1. The average Bonchev–Trinajstić information content (AvgIpc) is 2.94. The fourth-order valence-corrected chi connectivity index (χ4v) is 1.74. The second-order valence-electron chi connectivity index (χ2n) is 4.10. The molecule has 6 nitrogen and oxygen atoms in total. The molecule has 2 aromatic heterocycles. The van der Waals surface area contributed by atoms with Gasteiger partial charge in [-0.3, -0.25) is 4.68 Å². The van der Waals surface area contributed by atoms with Crippen LogP contribution in [0, 0.1) is 6.92 Å². The van der Waals surface area contributed by atoms with Crippen LogP contribution in [-0.2, 0) is 17.8 Å². The maximum Gasteiger partial charge on any atom is 0.207 e. The van der Waals surface area contributed by atoms with Crippen molar-refractivity contribution in [2.75, 3.05) is 19.0 Å². The molecule has 0 aliphatic rings. The Morgan fingerprint density at radius 3 is 2.89 bits per heavy atom. The molecule has 0 bridgehead atoms. The van der Waals surface area contributed by atoms with Crippen molar-refractivity contribution < 1.29 is 4.74 Å². The van der Waals surface area contributed by atoms with Crippen LogP contribution in [0.5, 0.6) is 0 Å². The van der Waals surface area contributed by atoms with Gasteiger partial charge in [0.1, 0.15) is 0 Å². The zero-order valence-corrected chi connectivity index (χ0v) is 11.1. The Kier molecular flexibility index (Phi) is 3.99. The topological polar surface area (TPSA) is 56.9 Å². The van der Waals surface area contributed by atoms with Crippen LogP contribution in [-0.4, -0.2) is 33.0 Å². The number of nitrogens with zero attached hydrogens (tertiary/aromatic N) is 4. The monoisotopic (exact) mass is 249 g/mol. The smallest absolute Gasteiger partial charge is 0.207 e. The Labute approximate surface area is 107 Å². The molecule has 2 rings (SSSR count). The maximum absolute atomic E-state index is 5.09. The van der Waals surface area contributed by atoms with Crippen molar-refractivity contribution in [1.29, 1.82) is 0 Å². The maximum atomic E-state index is 5.09. The van der Waals surface area contributed by atoms with Gasteiger partial charge in [0, 0.05) is 32.6 Å². The van der Waals surface area contributed by atoms with Crippen molar-refractivity contribution in [3.63, 3.8) is 0 Å². The van der Waals surface area contributed by atoms with Crippen molar-refractivity contribution in [2.45, 2.75) is 26.9 Å². The van der Waals surface area contributed by atoms with Crippen LogP contribution in [0.4, 0.5) is 11.6 Å². The van der Waals surface area contributed by atoms with E-state index in [-0.39, 0.29) is 0 Å². The molecule has 0 radical (unpaired) electrons. The van der Waals surface area contributed by atoms with E-state index < -0.39 is 0 Å². The van der Waals surface area contributed by atoms with Crippen LogP contribution >= 0.6 is 0 Å². The van der Waals surface area contributed by atoms with E-state index in [2.05, 4.69) is 22.3 Å². The normalized spacial score (nSPS) is 10.8. The minimum atomic E-state index is 0.665. The highest BCUT2D eigenvalue weighted by molar-refractivity contribution is 5.51. The molecule has 0 spiro atoms. The molecule has 2 heterocycles. The van der Waals surface area contributed by atoms with Crippen LogP contribution in [0.15, 0.2) is 18.6 Å². The first kappa shape index (κ1) is 12.6. The summed E-state index contributed by atoms with van der Waals surface area (Å²) in [5.41, 5.74) is 1.93. The average molecular weight is 249 g/mol. The lowest BCUT2D eigenvalue weighted by molar-refractivity contribution is 0.188. The Balaban J connectivity index is 2.12. The van der Waals surface area contributed by atoms with E-state index in [1.807, 2.05) is 28.6 Å². The molecule has 0 saturated carbocycles. The van der Waals surface area contributed by atoms with Crippen LogP contribution in [0.25, 0.3) is 0 Å². The van der Waals surface area contributed by atoms with Crippen molar-refractivity contribution >= 4 is 11.6 Å². The molecule has 18 heavy (non-hydrogen) atoms. The highest BCUT2D eigenvalue weighted by Crippen LogP contribution is 2.15. The van der Waals surface area contributed by atoms with Crippen molar-refractivity contribution in [3.05, 3.63) is 24.3 Å². The van der Waals surface area contributed by atoms with Crippen molar-refractivity contribution in [3.8, 4) is 0 Å². The van der Waals surface area contributed by atoms with Gasteiger partial charge < -0.3 is 14.6 Å². The predicted octanol–water partition coefficient (Wildman–Crippen LogP) is 1.80. The van der Waals surface area contributed by atoms with Gasteiger partial charge in [0.2, 0.25) is 5.95 Å². The minimum absolute atomic E-state index is 0.665. The molecular weight excluding hydrogens is 230 g/mol. The Hall–Kier alpha value is -1.82. The summed E-state index contributed by atoms with van der Waals surface area (Å²) in [5.74, 6) is 0.820. The lowest BCUT2D eigenvalue weighted by atomic mass is 10.5. The molecular formula is C12H19N5O. The summed E-state index contributed by atoms with van der Waals surface area (Å²) in [4.78, 5) is 4.45. The van der Waals surface area contributed by atoms with Crippen LogP contribution < -0.4 is 5.32 Å². The van der Waals surface area contributed by atoms with Crippen LogP contribution in [0.2, 0.25) is 0 Å². The number of rotatable bonds is 6. The first-order valence-electron chi connectivity index (χ1n) is 6.05. The second kappa shape index (κ2) is 5.68. The van der Waals surface area contributed by atoms with E-state index in [1.165, 1.54) is 0 Å². The Morgan fingerprint density at radius 1 is 1.39 bits per heavy atom. The fourth-order valence-electron chi connectivity index (χ4n) is 1.74. The molecule has 98 valence electrons. The number of aromatic nitrogens is 4. The first-order chi connectivity index (χ1) is 8.72. The summed E-state index contributed by atoms with van der Waals surface area (Å²) in [7, 11) is 1.70. The van der Waals surface area contributed by atoms with Gasteiger partial charge in [-0.25, -0.2) is 4.98 Å². The van der Waals surface area contributed by atoms with Gasteiger partial charge in [0.25, 0.3) is 0 Å². The van der Waals surface area contributed by atoms with E-state index in [1.54, 1.807) is 13.3 Å². The van der Waals surface area contributed by atoms with Crippen molar-refractivity contribution in [1.82, 2.24) is 19.3 Å². The predicted molar refractivity (Wildman–Crippen MR) is 70.0 cm³/mol. The van der Waals surface area contributed by atoms with Crippen LogP contribution in [0.1, 0.15) is 12.6 Å². The third-order valence-corrected chi connectivity index (χ3v) is 2.65. The minimum Gasteiger partial charge on any atom is -0.383 e. The molecule has 0 unspecified atom stereocenters. The highest BCUT2D eigenvalue weighted by Gasteiger charge is 2.06. The summed E-state index contributed by atoms with van der Waals surface area (Å²) in [5, 5.41) is 7.49. The third kappa shape index (κ3) is 2.89. The summed E-state index contributed by atoms with van der Waals surface area (Å²) in [6.07, 6.45) is 5.77. The molecule has 1 N–H and O–H groups in total. The summed E-state index contributed by atoms with van der Waals surface area (Å²) >= 11 is 0. The van der Waals surface area contributed by atoms with Gasteiger partial charge in [0.15, 0.2) is 0 Å². The number of nitrogens with one attached hydrogen (secondary N) is 1. The van der Waals surface area contributed by atoms with Gasteiger partial charge in [-0.1, -0.05) is 0 Å². The molecule has 0 aliphatic heterocycles. The molecule has 0 aromatic carbocycles. The number of aryl methyl sites for hydroxylation is 2. The molecule has 0 atom stereocenters. The first-order valence-corrected chi connectivity index (χ1v) is 6.05. The molecule has 0 fully saturated rings. The van der Waals surface area contributed by atoms with Gasteiger partial charge in [-0.15, -0.1) is 0 Å².